The van der Waals surface area contributed by atoms with E-state index in [1.54, 1.807) is 28.0 Å². The Morgan fingerprint density at radius 3 is 2.21 bits per heavy atom. The minimum atomic E-state index is -0.919. The molecule has 0 bridgehead atoms. The Morgan fingerprint density at radius 2 is 1.62 bits per heavy atom. The standard InChI is InChI=1S/C16H16Cl2N2O4/c17-12-3-1-2-9(13(12)18)14(21)19-4-6-20(7-5-19)15(22)10-8-11(10)16(23)24/h1-3,10-11H,4-8H2,(H,23,24). The number of carboxylic acids is 1. The van der Waals surface area contributed by atoms with Gasteiger partial charge in [0.05, 0.1) is 27.4 Å². The third kappa shape index (κ3) is 3.21. The molecule has 8 heteroatoms. The van der Waals surface area contributed by atoms with E-state index in [9.17, 15) is 14.4 Å². The predicted octanol–water partition coefficient (Wildman–Crippen LogP) is 2.00. The summed E-state index contributed by atoms with van der Waals surface area (Å²) in [6.45, 7) is 1.56. The highest BCUT2D eigenvalue weighted by atomic mass is 35.5. The predicted molar refractivity (Wildman–Crippen MR) is 88.2 cm³/mol. The Balaban J connectivity index is 1.59. The number of nitrogens with zero attached hydrogens (tertiary/aromatic N) is 2. The first-order chi connectivity index (χ1) is 11.4. The second-order valence-corrected chi connectivity index (χ2v) is 6.79. The number of rotatable bonds is 3. The first-order valence-electron chi connectivity index (χ1n) is 7.65. The summed E-state index contributed by atoms with van der Waals surface area (Å²) in [6.07, 6.45) is 0.408. The van der Waals surface area contributed by atoms with Gasteiger partial charge in [0, 0.05) is 26.2 Å². The van der Waals surface area contributed by atoms with Crippen molar-refractivity contribution < 1.29 is 19.5 Å². The lowest BCUT2D eigenvalue weighted by Crippen LogP contribution is -2.51. The number of halogens is 2. The van der Waals surface area contributed by atoms with Crippen LogP contribution in [0.25, 0.3) is 0 Å². The number of hydrogen-bond donors (Lipinski definition) is 1. The first kappa shape index (κ1) is 17.0. The highest BCUT2D eigenvalue weighted by Gasteiger charge is 2.50. The fourth-order valence-electron chi connectivity index (χ4n) is 2.94. The van der Waals surface area contributed by atoms with Crippen LogP contribution in [0, 0.1) is 11.8 Å². The molecule has 2 amide bonds. The summed E-state index contributed by atoms with van der Waals surface area (Å²) in [4.78, 5) is 38.9. The number of carboxylic acid groups (broad SMARTS) is 1. The van der Waals surface area contributed by atoms with E-state index in [-0.39, 0.29) is 16.8 Å². The first-order valence-corrected chi connectivity index (χ1v) is 8.40. The maximum Gasteiger partial charge on any atom is 0.307 e. The normalized spacial score (nSPS) is 23.1. The van der Waals surface area contributed by atoms with Crippen LogP contribution in [0.3, 0.4) is 0 Å². The van der Waals surface area contributed by atoms with Crippen molar-refractivity contribution >= 4 is 41.0 Å². The highest BCUT2D eigenvalue weighted by Crippen LogP contribution is 2.40. The lowest BCUT2D eigenvalue weighted by molar-refractivity contribution is -0.142. The molecule has 0 spiro atoms. The molecule has 1 heterocycles. The number of carbonyl (C=O) groups excluding carboxylic acids is 2. The molecule has 1 aromatic carbocycles. The Kier molecular flexibility index (Phi) is 4.69. The van der Waals surface area contributed by atoms with E-state index in [4.69, 9.17) is 28.3 Å². The van der Waals surface area contributed by atoms with Gasteiger partial charge in [-0.25, -0.2) is 0 Å². The van der Waals surface area contributed by atoms with Gasteiger partial charge in [0.25, 0.3) is 5.91 Å². The summed E-state index contributed by atoms with van der Waals surface area (Å²) >= 11 is 12.0. The fraction of sp³-hybridized carbons (Fsp3) is 0.438. The molecule has 2 aliphatic rings. The van der Waals surface area contributed by atoms with Crippen molar-refractivity contribution in [3.63, 3.8) is 0 Å². The van der Waals surface area contributed by atoms with Crippen LogP contribution in [0.15, 0.2) is 18.2 Å². The molecule has 3 rings (SSSR count). The van der Waals surface area contributed by atoms with Crippen molar-refractivity contribution in [1.29, 1.82) is 0 Å². The van der Waals surface area contributed by atoms with Gasteiger partial charge in [0.1, 0.15) is 0 Å². The van der Waals surface area contributed by atoms with Gasteiger partial charge in [-0.3, -0.25) is 14.4 Å². The zero-order valence-corrected chi connectivity index (χ0v) is 14.3. The highest BCUT2D eigenvalue weighted by molar-refractivity contribution is 6.43. The van der Waals surface area contributed by atoms with Gasteiger partial charge in [-0.2, -0.15) is 0 Å². The largest absolute Gasteiger partial charge is 0.481 e. The molecule has 0 aromatic heterocycles. The van der Waals surface area contributed by atoms with E-state index >= 15 is 0 Å². The number of aliphatic carboxylic acids is 1. The number of piperazine rings is 1. The lowest BCUT2D eigenvalue weighted by Gasteiger charge is -2.35. The molecule has 1 saturated heterocycles. The van der Waals surface area contributed by atoms with Crippen molar-refractivity contribution in [1.82, 2.24) is 9.80 Å². The van der Waals surface area contributed by atoms with Crippen LogP contribution in [0.4, 0.5) is 0 Å². The molecule has 24 heavy (non-hydrogen) atoms. The average molecular weight is 371 g/mol. The smallest absolute Gasteiger partial charge is 0.307 e. The second-order valence-electron chi connectivity index (χ2n) is 6.01. The molecule has 1 aromatic rings. The maximum atomic E-state index is 12.5. The molecule has 1 aliphatic carbocycles. The van der Waals surface area contributed by atoms with E-state index in [0.29, 0.717) is 43.2 Å². The Labute approximate surface area is 148 Å². The van der Waals surface area contributed by atoms with Crippen LogP contribution in [-0.4, -0.2) is 58.9 Å². The Morgan fingerprint density at radius 1 is 1.00 bits per heavy atom. The van der Waals surface area contributed by atoms with E-state index in [1.165, 1.54) is 0 Å². The van der Waals surface area contributed by atoms with E-state index < -0.39 is 17.8 Å². The quantitative estimate of drug-likeness (QED) is 0.882. The number of benzene rings is 1. The van der Waals surface area contributed by atoms with Crippen molar-refractivity contribution in [2.45, 2.75) is 6.42 Å². The van der Waals surface area contributed by atoms with Gasteiger partial charge >= 0.3 is 5.97 Å². The van der Waals surface area contributed by atoms with E-state index in [1.807, 2.05) is 0 Å². The van der Waals surface area contributed by atoms with Crippen LogP contribution in [0.2, 0.25) is 10.0 Å². The van der Waals surface area contributed by atoms with Gasteiger partial charge in [0.15, 0.2) is 0 Å². The summed E-state index contributed by atoms with van der Waals surface area (Å²) in [7, 11) is 0. The molecule has 6 nitrogen and oxygen atoms in total. The average Bonchev–Trinajstić information content (AvgIpc) is 3.37. The van der Waals surface area contributed by atoms with Crippen molar-refractivity contribution in [3.05, 3.63) is 33.8 Å². The molecule has 2 unspecified atom stereocenters. The van der Waals surface area contributed by atoms with Crippen LogP contribution < -0.4 is 0 Å². The van der Waals surface area contributed by atoms with Crippen LogP contribution >= 0.6 is 23.2 Å². The molecule has 1 aliphatic heterocycles. The molecule has 1 N–H and O–H groups in total. The number of carbonyl (C=O) groups is 3. The molecule has 128 valence electrons. The van der Waals surface area contributed by atoms with Gasteiger partial charge in [-0.05, 0) is 18.6 Å². The van der Waals surface area contributed by atoms with E-state index in [0.717, 1.165) is 0 Å². The maximum absolute atomic E-state index is 12.5. The zero-order valence-electron chi connectivity index (χ0n) is 12.7. The fourth-order valence-corrected chi connectivity index (χ4v) is 3.33. The number of hydrogen-bond acceptors (Lipinski definition) is 3. The summed E-state index contributed by atoms with van der Waals surface area (Å²) in [5.41, 5.74) is 0.345. The van der Waals surface area contributed by atoms with Crippen LogP contribution in [-0.2, 0) is 9.59 Å². The zero-order chi connectivity index (χ0) is 17.4. The third-order valence-corrected chi connectivity index (χ3v) is 5.30. The van der Waals surface area contributed by atoms with Crippen molar-refractivity contribution in [3.8, 4) is 0 Å². The summed E-state index contributed by atoms with van der Waals surface area (Å²) in [6, 6.07) is 4.90. The van der Waals surface area contributed by atoms with Gasteiger partial charge in [-0.1, -0.05) is 29.3 Å². The van der Waals surface area contributed by atoms with Crippen LogP contribution in [0.1, 0.15) is 16.8 Å². The minimum absolute atomic E-state index is 0.129. The van der Waals surface area contributed by atoms with Gasteiger partial charge in [-0.15, -0.1) is 0 Å². The molecule has 2 fully saturated rings. The summed E-state index contributed by atoms with van der Waals surface area (Å²) in [5, 5.41) is 9.46. The third-order valence-electron chi connectivity index (χ3n) is 4.49. The van der Waals surface area contributed by atoms with E-state index in [2.05, 4.69) is 0 Å². The topological polar surface area (TPSA) is 77.9 Å². The molecule has 0 radical (unpaired) electrons. The Hall–Kier alpha value is -1.79. The van der Waals surface area contributed by atoms with Crippen LogP contribution in [0.5, 0.6) is 0 Å². The number of amides is 2. The summed E-state index contributed by atoms with van der Waals surface area (Å²) in [5.74, 6) is -2.23. The second kappa shape index (κ2) is 6.61. The van der Waals surface area contributed by atoms with Gasteiger partial charge in [0.2, 0.25) is 5.91 Å². The molecular formula is C16H16Cl2N2O4. The molecule has 2 atom stereocenters. The van der Waals surface area contributed by atoms with Crippen molar-refractivity contribution in [2.24, 2.45) is 11.8 Å². The SMILES string of the molecule is O=C(O)C1CC1C(=O)N1CCN(C(=O)c2cccc(Cl)c2Cl)CC1. The summed E-state index contributed by atoms with van der Waals surface area (Å²) < 4.78 is 0. The van der Waals surface area contributed by atoms with Crippen molar-refractivity contribution in [2.75, 3.05) is 26.2 Å². The molecular weight excluding hydrogens is 355 g/mol. The Bertz CT molecular complexity index is 701. The molecule has 1 saturated carbocycles. The minimum Gasteiger partial charge on any atom is -0.481 e. The van der Waals surface area contributed by atoms with Gasteiger partial charge < -0.3 is 14.9 Å². The lowest BCUT2D eigenvalue weighted by atomic mass is 10.1. The monoisotopic (exact) mass is 370 g/mol.